The summed E-state index contributed by atoms with van der Waals surface area (Å²) >= 11 is 6.01. The summed E-state index contributed by atoms with van der Waals surface area (Å²) in [6.45, 7) is 0.982. The monoisotopic (exact) mass is 298 g/mol. The van der Waals surface area contributed by atoms with Crippen LogP contribution in [0.2, 0.25) is 5.02 Å². The summed E-state index contributed by atoms with van der Waals surface area (Å²) in [7, 11) is 1.99. The van der Waals surface area contributed by atoms with Crippen LogP contribution in [-0.2, 0) is 0 Å². The third kappa shape index (κ3) is 3.12. The molecule has 0 fully saturated rings. The van der Waals surface area contributed by atoms with Crippen LogP contribution >= 0.6 is 11.6 Å². The van der Waals surface area contributed by atoms with E-state index in [-0.39, 0.29) is 0 Å². The van der Waals surface area contributed by atoms with E-state index in [2.05, 4.69) is 46.7 Å². The highest BCUT2D eigenvalue weighted by Gasteiger charge is 2.14. The molecular formula is C18H19ClN2. The van der Waals surface area contributed by atoms with Crippen LogP contribution in [0.5, 0.6) is 0 Å². The molecule has 3 rings (SSSR count). The number of fused-ring (bicyclic) bond motifs is 1. The number of halogens is 1. The van der Waals surface area contributed by atoms with Gasteiger partial charge in [0.15, 0.2) is 0 Å². The van der Waals surface area contributed by atoms with Crippen molar-refractivity contribution in [1.29, 1.82) is 0 Å². The van der Waals surface area contributed by atoms with Crippen molar-refractivity contribution in [3.8, 4) is 0 Å². The molecule has 1 atom stereocenters. The molecule has 0 aliphatic carbocycles. The minimum Gasteiger partial charge on any atom is -0.361 e. The largest absolute Gasteiger partial charge is 0.361 e. The van der Waals surface area contributed by atoms with Gasteiger partial charge >= 0.3 is 0 Å². The molecule has 2 nitrogen and oxygen atoms in total. The number of aromatic amines is 1. The Balaban J connectivity index is 1.99. The molecule has 3 aromatic rings. The second-order valence-corrected chi connectivity index (χ2v) is 5.76. The first kappa shape index (κ1) is 14.2. The number of hydrogen-bond donors (Lipinski definition) is 2. The van der Waals surface area contributed by atoms with Gasteiger partial charge in [0.05, 0.1) is 0 Å². The van der Waals surface area contributed by atoms with E-state index in [1.165, 1.54) is 22.0 Å². The minimum absolute atomic E-state index is 0.377. The molecule has 1 unspecified atom stereocenters. The normalized spacial score (nSPS) is 12.7. The predicted octanol–water partition coefficient (Wildman–Crippen LogP) is 4.56. The molecule has 0 saturated carbocycles. The van der Waals surface area contributed by atoms with E-state index in [0.717, 1.165) is 18.0 Å². The van der Waals surface area contributed by atoms with Gasteiger partial charge in [0, 0.05) is 22.7 Å². The van der Waals surface area contributed by atoms with Gasteiger partial charge in [0.25, 0.3) is 0 Å². The third-order valence-corrected chi connectivity index (χ3v) is 4.19. The molecule has 0 aliphatic heterocycles. The maximum Gasteiger partial charge on any atom is 0.0456 e. The van der Waals surface area contributed by atoms with Crippen LogP contribution < -0.4 is 5.32 Å². The molecule has 2 N–H and O–H groups in total. The van der Waals surface area contributed by atoms with E-state index in [0.29, 0.717) is 5.92 Å². The SMILES string of the molecule is CNCCC(c1ccc(Cl)cc1)c1ccc2cc[nH]c2c1. The molecule has 3 heteroatoms. The fourth-order valence-corrected chi connectivity index (χ4v) is 2.92. The summed E-state index contributed by atoms with van der Waals surface area (Å²) in [5.74, 6) is 0.377. The predicted molar refractivity (Wildman–Crippen MR) is 90.1 cm³/mol. The highest BCUT2D eigenvalue weighted by Crippen LogP contribution is 2.30. The van der Waals surface area contributed by atoms with Crippen LogP contribution in [0.4, 0.5) is 0 Å². The number of aromatic nitrogens is 1. The van der Waals surface area contributed by atoms with Crippen LogP contribution in [0.25, 0.3) is 10.9 Å². The van der Waals surface area contributed by atoms with Crippen molar-refractivity contribution < 1.29 is 0 Å². The number of H-pyrrole nitrogens is 1. The van der Waals surface area contributed by atoms with Crippen molar-refractivity contribution in [2.45, 2.75) is 12.3 Å². The lowest BCUT2D eigenvalue weighted by Crippen LogP contribution is -2.13. The van der Waals surface area contributed by atoms with Crippen LogP contribution in [0.15, 0.2) is 54.7 Å². The quantitative estimate of drug-likeness (QED) is 0.710. The molecule has 0 bridgehead atoms. The fraction of sp³-hybridized carbons (Fsp3) is 0.222. The number of hydrogen-bond acceptors (Lipinski definition) is 1. The molecule has 1 aromatic heterocycles. The highest BCUT2D eigenvalue weighted by molar-refractivity contribution is 6.30. The second-order valence-electron chi connectivity index (χ2n) is 5.32. The Morgan fingerprint density at radius 1 is 1.05 bits per heavy atom. The van der Waals surface area contributed by atoms with Crippen LogP contribution in [0.1, 0.15) is 23.5 Å². The summed E-state index contributed by atoms with van der Waals surface area (Å²) in [6, 6.07) is 17.0. The summed E-state index contributed by atoms with van der Waals surface area (Å²) in [4.78, 5) is 3.29. The lowest BCUT2D eigenvalue weighted by molar-refractivity contribution is 0.662. The Hall–Kier alpha value is -1.77. The Morgan fingerprint density at radius 2 is 1.81 bits per heavy atom. The van der Waals surface area contributed by atoms with Crippen molar-refractivity contribution in [2.24, 2.45) is 0 Å². The first-order chi connectivity index (χ1) is 10.3. The molecule has 0 spiro atoms. The smallest absolute Gasteiger partial charge is 0.0456 e. The Bertz CT molecular complexity index is 715. The molecule has 0 aliphatic rings. The van der Waals surface area contributed by atoms with Crippen LogP contribution in [0, 0.1) is 0 Å². The van der Waals surface area contributed by atoms with Gasteiger partial charge in [-0.15, -0.1) is 0 Å². The first-order valence-corrected chi connectivity index (χ1v) is 7.63. The van der Waals surface area contributed by atoms with E-state index in [1.54, 1.807) is 0 Å². The van der Waals surface area contributed by atoms with E-state index < -0.39 is 0 Å². The van der Waals surface area contributed by atoms with Gasteiger partial charge in [0.2, 0.25) is 0 Å². The lowest BCUT2D eigenvalue weighted by Gasteiger charge is -2.18. The molecule has 1 heterocycles. The van der Waals surface area contributed by atoms with Crippen LogP contribution in [0.3, 0.4) is 0 Å². The van der Waals surface area contributed by atoms with E-state index >= 15 is 0 Å². The molecule has 0 radical (unpaired) electrons. The summed E-state index contributed by atoms with van der Waals surface area (Å²) < 4.78 is 0. The van der Waals surface area contributed by atoms with Crippen molar-refractivity contribution in [3.05, 3.63) is 70.9 Å². The summed E-state index contributed by atoms with van der Waals surface area (Å²) in [5, 5.41) is 5.28. The van der Waals surface area contributed by atoms with E-state index in [9.17, 15) is 0 Å². The highest BCUT2D eigenvalue weighted by atomic mass is 35.5. The standard InChI is InChI=1S/C18H19ClN2/c1-20-10-9-17(13-4-6-16(19)7-5-13)15-3-2-14-8-11-21-18(14)12-15/h2-8,11-12,17,20-21H,9-10H2,1H3. The second kappa shape index (κ2) is 6.33. The number of nitrogens with one attached hydrogen (secondary N) is 2. The number of rotatable bonds is 5. The molecular weight excluding hydrogens is 280 g/mol. The summed E-state index contributed by atoms with van der Waals surface area (Å²) in [5.41, 5.74) is 3.83. The van der Waals surface area contributed by atoms with Gasteiger partial charge in [-0.2, -0.15) is 0 Å². The van der Waals surface area contributed by atoms with E-state index in [1.807, 2.05) is 25.4 Å². The van der Waals surface area contributed by atoms with Gasteiger partial charge in [-0.3, -0.25) is 0 Å². The van der Waals surface area contributed by atoms with Crippen molar-refractivity contribution >= 4 is 22.5 Å². The topological polar surface area (TPSA) is 27.8 Å². The van der Waals surface area contributed by atoms with Gasteiger partial charge in [-0.25, -0.2) is 0 Å². The van der Waals surface area contributed by atoms with Gasteiger partial charge in [-0.1, -0.05) is 35.9 Å². The summed E-state index contributed by atoms with van der Waals surface area (Å²) in [6.07, 6.45) is 3.05. The van der Waals surface area contributed by atoms with Crippen molar-refractivity contribution in [1.82, 2.24) is 10.3 Å². The molecule has 108 valence electrons. The van der Waals surface area contributed by atoms with Crippen molar-refractivity contribution in [3.63, 3.8) is 0 Å². The lowest BCUT2D eigenvalue weighted by atomic mass is 9.88. The minimum atomic E-state index is 0.377. The van der Waals surface area contributed by atoms with Gasteiger partial charge < -0.3 is 10.3 Å². The fourth-order valence-electron chi connectivity index (χ4n) is 2.79. The zero-order valence-corrected chi connectivity index (χ0v) is 12.8. The van der Waals surface area contributed by atoms with Crippen LogP contribution in [-0.4, -0.2) is 18.6 Å². The Kier molecular flexibility index (Phi) is 4.28. The molecule has 2 aromatic carbocycles. The van der Waals surface area contributed by atoms with Crippen molar-refractivity contribution in [2.75, 3.05) is 13.6 Å². The molecule has 0 saturated heterocycles. The average Bonchev–Trinajstić information content (AvgIpc) is 2.97. The molecule has 0 amide bonds. The Morgan fingerprint density at radius 3 is 2.57 bits per heavy atom. The third-order valence-electron chi connectivity index (χ3n) is 3.94. The molecule has 21 heavy (non-hydrogen) atoms. The van der Waals surface area contributed by atoms with Gasteiger partial charge in [0.1, 0.15) is 0 Å². The average molecular weight is 299 g/mol. The zero-order valence-electron chi connectivity index (χ0n) is 12.1. The Labute approximate surface area is 130 Å². The zero-order chi connectivity index (χ0) is 14.7. The maximum absolute atomic E-state index is 6.01. The van der Waals surface area contributed by atoms with Gasteiger partial charge in [-0.05, 0) is 60.8 Å². The number of benzene rings is 2. The van der Waals surface area contributed by atoms with E-state index in [4.69, 9.17) is 11.6 Å². The maximum atomic E-state index is 6.01. The first-order valence-electron chi connectivity index (χ1n) is 7.25.